The largest absolute Gasteiger partial charge is 1.00 e. The molecular formula is C14H16N2Na2O9S2. The van der Waals surface area contributed by atoms with E-state index in [1.54, 1.807) is 0 Å². The minimum absolute atomic E-state index is 0. The Bertz CT molecular complexity index is 899. The Labute approximate surface area is 214 Å². The Morgan fingerprint density at radius 2 is 1.90 bits per heavy atom. The van der Waals surface area contributed by atoms with E-state index < -0.39 is 62.2 Å². The maximum atomic E-state index is 12.4. The van der Waals surface area contributed by atoms with E-state index in [4.69, 9.17) is 0 Å². The van der Waals surface area contributed by atoms with Crippen LogP contribution in [0.2, 0.25) is 0 Å². The van der Waals surface area contributed by atoms with E-state index in [0.717, 1.165) is 16.5 Å². The molecule has 150 valence electrons. The Balaban J connectivity index is 0.00000392. The number of hydrogen-bond acceptors (Lipinski definition) is 9. The molecule has 0 bridgehead atoms. The van der Waals surface area contributed by atoms with Gasteiger partial charge in [0, 0.05) is 29.9 Å². The molecule has 0 saturated carbocycles. The predicted molar refractivity (Wildman–Crippen MR) is 86.7 cm³/mol. The van der Waals surface area contributed by atoms with Gasteiger partial charge >= 0.3 is 59.1 Å². The first kappa shape index (κ1) is 28.9. The molecule has 0 aromatic rings. The van der Waals surface area contributed by atoms with Gasteiger partial charge in [0.2, 0.25) is 22.2 Å². The molecule has 0 aliphatic carbocycles. The van der Waals surface area contributed by atoms with Crippen molar-refractivity contribution in [3.8, 4) is 0 Å². The van der Waals surface area contributed by atoms with Crippen molar-refractivity contribution in [2.24, 2.45) is 5.92 Å². The molecule has 11 nitrogen and oxygen atoms in total. The molecular weight excluding hydrogens is 450 g/mol. The maximum absolute atomic E-state index is 12.4. The van der Waals surface area contributed by atoms with Gasteiger partial charge in [-0.05, 0) is 13.8 Å². The van der Waals surface area contributed by atoms with Gasteiger partial charge in [-0.25, -0.2) is 12.6 Å². The average molecular weight is 466 g/mol. The molecule has 0 spiro atoms. The van der Waals surface area contributed by atoms with Gasteiger partial charge in [0.05, 0.1) is 40.0 Å². The average Bonchev–Trinajstić information content (AvgIpc) is 2.78. The summed E-state index contributed by atoms with van der Waals surface area (Å²) >= 11 is 0. The third-order valence-electron chi connectivity index (χ3n) is 4.10. The fourth-order valence-corrected chi connectivity index (χ4v) is 4.90. The van der Waals surface area contributed by atoms with Crippen LogP contribution in [0.1, 0.15) is 27.2 Å². The number of rotatable bonds is 7. The van der Waals surface area contributed by atoms with E-state index in [2.05, 4.69) is 9.50 Å². The van der Waals surface area contributed by atoms with Gasteiger partial charge in [0.25, 0.3) is 0 Å². The molecule has 1 saturated heterocycles. The van der Waals surface area contributed by atoms with Crippen molar-refractivity contribution < 1.29 is 100.0 Å². The molecule has 1 unspecified atom stereocenters. The van der Waals surface area contributed by atoms with E-state index in [1.165, 1.54) is 20.8 Å². The van der Waals surface area contributed by atoms with Crippen molar-refractivity contribution in [1.82, 2.24) is 10.2 Å². The van der Waals surface area contributed by atoms with Crippen LogP contribution in [-0.4, -0.2) is 51.5 Å². The van der Waals surface area contributed by atoms with Crippen LogP contribution in [-0.2, 0) is 39.8 Å². The molecule has 0 aromatic carbocycles. The third kappa shape index (κ3) is 6.45. The summed E-state index contributed by atoms with van der Waals surface area (Å²) in [5, 5.41) is 14.7. The first-order chi connectivity index (χ1) is 12.3. The number of carboxylic acid groups (broad SMARTS) is 1. The van der Waals surface area contributed by atoms with E-state index in [-0.39, 0.29) is 70.4 Å². The molecule has 15 heteroatoms. The Kier molecular flexibility index (Phi) is 10.4. The van der Waals surface area contributed by atoms with E-state index in [9.17, 15) is 36.7 Å². The van der Waals surface area contributed by atoms with Gasteiger partial charge in [-0.1, -0.05) is 0 Å². The van der Waals surface area contributed by atoms with Crippen LogP contribution in [0.4, 0.5) is 0 Å². The van der Waals surface area contributed by atoms with Crippen LogP contribution in [0.5, 0.6) is 0 Å². The van der Waals surface area contributed by atoms with Crippen molar-refractivity contribution in [2.75, 3.05) is 0 Å². The molecule has 2 heterocycles. The number of carboxylic acids is 1. The molecule has 29 heavy (non-hydrogen) atoms. The molecule has 2 amide bonds. The summed E-state index contributed by atoms with van der Waals surface area (Å²) in [6.45, 7) is 3.65. The summed E-state index contributed by atoms with van der Waals surface area (Å²) in [6.07, 6.45) is 0.923. The fourth-order valence-electron chi connectivity index (χ4n) is 3.21. The van der Waals surface area contributed by atoms with E-state index in [1.807, 2.05) is 0 Å². The Hall–Kier alpha value is -0.0900. The number of carbonyl (C=O) groups excluding carboxylic acids is 3. The summed E-state index contributed by atoms with van der Waals surface area (Å²) in [5.41, 5.74) is -2.30. The van der Waals surface area contributed by atoms with Crippen LogP contribution >= 0.6 is 0 Å². The number of fused-ring (bicyclic) bond motifs is 1. The Morgan fingerprint density at radius 1 is 1.34 bits per heavy atom. The topological polar surface area (TPSA) is 173 Å². The molecule has 3 atom stereocenters. The number of amides is 2. The molecule has 2 aliphatic rings. The fraction of sp³-hybridized carbons (Fsp3) is 0.500. The number of carbonyl (C=O) groups is 3. The molecule has 0 radical (unpaired) electrons. The van der Waals surface area contributed by atoms with Crippen LogP contribution in [0.25, 0.3) is 0 Å². The number of hydrogen-bond donors (Lipinski definition) is 1. The van der Waals surface area contributed by atoms with Crippen LogP contribution in [0.3, 0.4) is 0 Å². The number of nitrogens with one attached hydrogen (secondary N) is 1. The normalized spacial score (nSPS) is 22.3. The SMILES string of the molecule is CC(=O)N/C=C\S(=O)C1=C(C(=O)[O-])N2C(=O)[C@@H](C(C)(C)OS(=O)(=O)[O-])[C@H]2C1.[Na+].[Na+]. The van der Waals surface area contributed by atoms with Gasteiger partial charge in [-0.2, -0.15) is 0 Å². The first-order valence-electron chi connectivity index (χ1n) is 7.54. The van der Waals surface area contributed by atoms with E-state index >= 15 is 0 Å². The smallest absolute Gasteiger partial charge is 0.726 e. The summed E-state index contributed by atoms with van der Waals surface area (Å²) in [4.78, 5) is 35.4. The second-order valence-corrected chi connectivity index (χ2v) is 8.76. The molecule has 2 aliphatic heterocycles. The quantitative estimate of drug-likeness (QED) is 0.165. The van der Waals surface area contributed by atoms with Gasteiger partial charge in [-0.3, -0.25) is 13.8 Å². The minimum Gasteiger partial charge on any atom is -0.726 e. The van der Waals surface area contributed by atoms with Gasteiger partial charge in [0.15, 0.2) is 0 Å². The first-order valence-corrected chi connectivity index (χ1v) is 10.1. The summed E-state index contributed by atoms with van der Waals surface area (Å²) in [5.74, 6) is -4.08. The zero-order valence-corrected chi connectivity index (χ0v) is 22.1. The van der Waals surface area contributed by atoms with Crippen molar-refractivity contribution in [1.29, 1.82) is 0 Å². The number of aliphatic carboxylic acids is 1. The minimum atomic E-state index is -5.11. The zero-order valence-electron chi connectivity index (χ0n) is 16.5. The van der Waals surface area contributed by atoms with Gasteiger partial charge in [0.1, 0.15) is 0 Å². The molecule has 2 rings (SSSR count). The second kappa shape index (κ2) is 10.5. The van der Waals surface area contributed by atoms with Crippen LogP contribution < -0.4 is 69.5 Å². The van der Waals surface area contributed by atoms with E-state index in [0.29, 0.717) is 0 Å². The molecule has 1 fully saturated rings. The van der Waals surface area contributed by atoms with Crippen molar-refractivity contribution >= 4 is 39.0 Å². The number of nitrogens with zero attached hydrogens (tertiary/aromatic N) is 1. The monoisotopic (exact) mass is 466 g/mol. The van der Waals surface area contributed by atoms with Gasteiger partial charge < -0.3 is 24.7 Å². The van der Waals surface area contributed by atoms with Crippen molar-refractivity contribution in [3.05, 3.63) is 22.2 Å². The number of β-lactam (4-membered cyclic amide) rings is 1. The third-order valence-corrected chi connectivity index (χ3v) is 5.96. The standard InChI is InChI=1S/C14H18N2O9S2.2Na/c1-7(17)15-4-5-26(21)9-6-8-10(14(2,3)25-27(22,23)24)12(18)16(8)11(9)13(19)20;;/h4-5,8,10H,6H2,1-3H3,(H,15,17)(H,19,20)(H,22,23,24);;/q;2*+1/p-2/b5-4-;;/t8-,10+,26?;;/m1../s1. The maximum Gasteiger partial charge on any atom is 1.00 e. The summed E-state index contributed by atoms with van der Waals surface area (Å²) < 4.78 is 49.5. The Morgan fingerprint density at radius 3 is 2.34 bits per heavy atom. The molecule has 0 aromatic heterocycles. The van der Waals surface area contributed by atoms with Crippen molar-refractivity contribution in [2.45, 2.75) is 38.8 Å². The van der Waals surface area contributed by atoms with Crippen molar-refractivity contribution in [3.63, 3.8) is 0 Å². The molecule has 1 N–H and O–H groups in total. The van der Waals surface area contributed by atoms with Gasteiger partial charge in [-0.15, -0.1) is 0 Å². The second-order valence-electron chi connectivity index (χ2n) is 6.41. The van der Waals surface area contributed by atoms with Crippen LogP contribution in [0.15, 0.2) is 22.2 Å². The zero-order chi connectivity index (χ0) is 20.7. The summed E-state index contributed by atoms with van der Waals surface area (Å²) in [6, 6.07) is -0.852. The van der Waals surface area contributed by atoms with Crippen LogP contribution in [0, 0.1) is 5.92 Å². The summed E-state index contributed by atoms with van der Waals surface area (Å²) in [7, 11) is -7.10. The predicted octanol–water partition coefficient (Wildman–Crippen LogP) is -8.20.